The van der Waals surface area contributed by atoms with Crippen molar-refractivity contribution in [2.75, 3.05) is 13.1 Å². The molecular weight excluding hydrogens is 265 g/mol. The van der Waals surface area contributed by atoms with Crippen molar-refractivity contribution in [1.29, 1.82) is 0 Å². The van der Waals surface area contributed by atoms with Crippen LogP contribution in [0.15, 0.2) is 18.2 Å². The molecule has 0 radical (unpaired) electrons. The molecule has 0 aromatic heterocycles. The van der Waals surface area contributed by atoms with E-state index in [-0.39, 0.29) is 17.2 Å². The minimum atomic E-state index is -0.461. The van der Waals surface area contributed by atoms with Crippen molar-refractivity contribution in [2.45, 2.75) is 32.1 Å². The van der Waals surface area contributed by atoms with Crippen molar-refractivity contribution >= 4 is 17.4 Å². The monoisotopic (exact) mass is 283 g/mol. The summed E-state index contributed by atoms with van der Waals surface area (Å²) in [5.41, 5.74) is 0.402. The zero-order valence-electron chi connectivity index (χ0n) is 10.9. The van der Waals surface area contributed by atoms with E-state index >= 15 is 0 Å². The van der Waals surface area contributed by atoms with Crippen LogP contribution >= 0.6 is 11.6 Å². The number of carbonyl (C=O) groups excluding carboxylic acids is 1. The molecule has 1 saturated heterocycles. The predicted molar refractivity (Wildman–Crippen MR) is 74.9 cm³/mol. The van der Waals surface area contributed by atoms with Crippen LogP contribution in [0.4, 0.5) is 4.39 Å². The first-order valence-electron chi connectivity index (χ1n) is 6.82. The van der Waals surface area contributed by atoms with E-state index in [1.165, 1.54) is 18.9 Å². The highest BCUT2D eigenvalue weighted by atomic mass is 35.5. The van der Waals surface area contributed by atoms with Gasteiger partial charge >= 0.3 is 0 Å². The van der Waals surface area contributed by atoms with Gasteiger partial charge in [0.25, 0.3) is 0 Å². The number of halogens is 2. The second-order valence-corrected chi connectivity index (χ2v) is 5.59. The third-order valence-corrected chi connectivity index (χ3v) is 3.94. The van der Waals surface area contributed by atoms with Crippen molar-refractivity contribution in [1.82, 2.24) is 5.32 Å². The van der Waals surface area contributed by atoms with Crippen LogP contribution in [0.1, 0.15) is 31.2 Å². The number of nitrogens with one attached hydrogen (secondary N) is 1. The first-order valence-corrected chi connectivity index (χ1v) is 7.20. The largest absolute Gasteiger partial charge is 0.316 e. The molecule has 1 heterocycles. The summed E-state index contributed by atoms with van der Waals surface area (Å²) >= 11 is 5.70. The van der Waals surface area contributed by atoms with Gasteiger partial charge in [0.15, 0.2) is 0 Å². The Morgan fingerprint density at radius 1 is 1.47 bits per heavy atom. The Bertz CT molecular complexity index is 444. The molecule has 1 N–H and O–H groups in total. The fourth-order valence-electron chi connectivity index (χ4n) is 2.52. The van der Waals surface area contributed by atoms with Crippen LogP contribution in [0.25, 0.3) is 0 Å². The van der Waals surface area contributed by atoms with Crippen molar-refractivity contribution in [2.24, 2.45) is 5.92 Å². The van der Waals surface area contributed by atoms with Gasteiger partial charge in [0.05, 0.1) is 5.02 Å². The maximum atomic E-state index is 13.7. The molecule has 19 heavy (non-hydrogen) atoms. The Morgan fingerprint density at radius 3 is 3.05 bits per heavy atom. The number of hydrogen-bond donors (Lipinski definition) is 1. The van der Waals surface area contributed by atoms with Crippen LogP contribution in [0.2, 0.25) is 5.02 Å². The zero-order chi connectivity index (χ0) is 13.7. The van der Waals surface area contributed by atoms with Gasteiger partial charge in [-0.2, -0.15) is 0 Å². The first-order chi connectivity index (χ1) is 9.16. The van der Waals surface area contributed by atoms with Gasteiger partial charge in [0.2, 0.25) is 0 Å². The van der Waals surface area contributed by atoms with Crippen LogP contribution in [0, 0.1) is 11.7 Å². The Labute approximate surface area is 118 Å². The van der Waals surface area contributed by atoms with Crippen LogP contribution in [0.3, 0.4) is 0 Å². The number of carbonyl (C=O) groups is 1. The molecule has 1 aliphatic rings. The van der Waals surface area contributed by atoms with E-state index in [0.717, 1.165) is 19.5 Å². The SMILES string of the molecule is O=C(CCC1CCCNC1)Cc1cccc(Cl)c1F. The molecule has 0 bridgehead atoms. The van der Waals surface area contributed by atoms with E-state index in [1.54, 1.807) is 12.1 Å². The van der Waals surface area contributed by atoms with E-state index in [0.29, 0.717) is 17.9 Å². The molecule has 104 valence electrons. The maximum absolute atomic E-state index is 13.7. The van der Waals surface area contributed by atoms with Crippen LogP contribution in [0.5, 0.6) is 0 Å². The molecule has 1 unspecified atom stereocenters. The topological polar surface area (TPSA) is 29.1 Å². The summed E-state index contributed by atoms with van der Waals surface area (Å²) in [5.74, 6) is 0.213. The molecule has 0 amide bonds. The average Bonchev–Trinajstić information content (AvgIpc) is 2.43. The minimum Gasteiger partial charge on any atom is -0.316 e. The molecule has 1 aliphatic heterocycles. The average molecular weight is 284 g/mol. The summed E-state index contributed by atoms with van der Waals surface area (Å²) in [4.78, 5) is 11.9. The number of hydrogen-bond acceptors (Lipinski definition) is 2. The molecule has 1 aromatic carbocycles. The van der Waals surface area contributed by atoms with E-state index in [4.69, 9.17) is 11.6 Å². The van der Waals surface area contributed by atoms with Crippen LogP contribution in [-0.2, 0) is 11.2 Å². The summed E-state index contributed by atoms with van der Waals surface area (Å²) in [7, 11) is 0. The Morgan fingerprint density at radius 2 is 2.32 bits per heavy atom. The highest BCUT2D eigenvalue weighted by molar-refractivity contribution is 6.30. The molecule has 4 heteroatoms. The predicted octanol–water partition coefficient (Wildman–Crippen LogP) is 3.37. The Hall–Kier alpha value is -0.930. The summed E-state index contributed by atoms with van der Waals surface area (Å²) in [6.45, 7) is 2.08. The van der Waals surface area contributed by atoms with Gasteiger partial charge in [0.1, 0.15) is 11.6 Å². The molecule has 0 saturated carbocycles. The molecule has 1 atom stereocenters. The number of benzene rings is 1. The molecule has 0 aliphatic carbocycles. The summed E-state index contributed by atoms with van der Waals surface area (Å²) < 4.78 is 13.7. The second-order valence-electron chi connectivity index (χ2n) is 5.18. The summed E-state index contributed by atoms with van der Waals surface area (Å²) in [6.07, 6.45) is 3.94. The maximum Gasteiger partial charge on any atom is 0.145 e. The fourth-order valence-corrected chi connectivity index (χ4v) is 2.72. The van der Waals surface area contributed by atoms with Gasteiger partial charge in [-0.25, -0.2) is 4.39 Å². The molecular formula is C15H19ClFNO. The highest BCUT2D eigenvalue weighted by Crippen LogP contribution is 2.20. The van der Waals surface area contributed by atoms with Crippen molar-refractivity contribution in [3.8, 4) is 0 Å². The highest BCUT2D eigenvalue weighted by Gasteiger charge is 2.16. The van der Waals surface area contributed by atoms with Gasteiger partial charge < -0.3 is 5.32 Å². The number of ketones is 1. The van der Waals surface area contributed by atoms with Crippen molar-refractivity contribution in [3.63, 3.8) is 0 Å². The van der Waals surface area contributed by atoms with Gasteiger partial charge in [-0.1, -0.05) is 23.7 Å². The molecule has 0 spiro atoms. The quantitative estimate of drug-likeness (QED) is 0.898. The smallest absolute Gasteiger partial charge is 0.145 e. The first kappa shape index (κ1) is 14.5. The lowest BCUT2D eigenvalue weighted by Gasteiger charge is -2.22. The van der Waals surface area contributed by atoms with E-state index in [2.05, 4.69) is 5.32 Å². The Balaban J connectivity index is 1.82. The van der Waals surface area contributed by atoms with E-state index in [1.807, 2.05) is 0 Å². The third-order valence-electron chi connectivity index (χ3n) is 3.65. The lowest BCUT2D eigenvalue weighted by atomic mass is 9.92. The number of Topliss-reactive ketones (excluding diaryl/α,β-unsaturated/α-hetero) is 1. The Kier molecular flexibility index (Phi) is 5.34. The van der Waals surface area contributed by atoms with E-state index in [9.17, 15) is 9.18 Å². The zero-order valence-corrected chi connectivity index (χ0v) is 11.7. The molecule has 2 rings (SSSR count). The summed E-state index contributed by atoms with van der Waals surface area (Å²) in [5, 5.41) is 3.42. The van der Waals surface area contributed by atoms with Crippen LogP contribution in [-0.4, -0.2) is 18.9 Å². The lowest BCUT2D eigenvalue weighted by Crippen LogP contribution is -2.30. The standard InChI is InChI=1S/C15H19ClFNO/c16-14-5-1-4-12(15(14)17)9-13(19)7-6-11-3-2-8-18-10-11/h1,4-5,11,18H,2-3,6-10H2. The van der Waals surface area contributed by atoms with Gasteiger partial charge in [0, 0.05) is 12.8 Å². The summed E-state index contributed by atoms with van der Waals surface area (Å²) in [6, 6.07) is 4.80. The van der Waals surface area contributed by atoms with E-state index < -0.39 is 5.82 Å². The lowest BCUT2D eigenvalue weighted by molar-refractivity contribution is -0.118. The van der Waals surface area contributed by atoms with Crippen molar-refractivity contribution < 1.29 is 9.18 Å². The normalized spacial score (nSPS) is 19.4. The second kappa shape index (κ2) is 7.01. The molecule has 1 fully saturated rings. The number of piperidine rings is 1. The van der Waals surface area contributed by atoms with Gasteiger partial charge in [-0.15, -0.1) is 0 Å². The van der Waals surface area contributed by atoms with Gasteiger partial charge in [-0.3, -0.25) is 4.79 Å². The fraction of sp³-hybridized carbons (Fsp3) is 0.533. The number of rotatable bonds is 5. The minimum absolute atomic E-state index is 0.0850. The van der Waals surface area contributed by atoms with Crippen LogP contribution < -0.4 is 5.32 Å². The van der Waals surface area contributed by atoms with Crippen molar-refractivity contribution in [3.05, 3.63) is 34.6 Å². The third kappa shape index (κ3) is 4.29. The van der Waals surface area contributed by atoms with Gasteiger partial charge in [-0.05, 0) is 49.9 Å². The molecule has 1 aromatic rings. The molecule has 2 nitrogen and oxygen atoms in total.